The number of amidine groups is 1. The summed E-state index contributed by atoms with van der Waals surface area (Å²) in [6, 6.07) is 15.7. The normalized spacial score (nSPS) is 15.3. The van der Waals surface area contributed by atoms with E-state index in [4.69, 9.17) is 21.3 Å². The summed E-state index contributed by atoms with van der Waals surface area (Å²) in [4.78, 5) is 26.0. The number of aliphatic imine (C=N–C) groups is 1. The van der Waals surface area contributed by atoms with Crippen molar-refractivity contribution in [2.24, 2.45) is 4.99 Å². The second-order valence-corrected chi connectivity index (χ2v) is 8.49. The molecule has 3 heterocycles. The molecule has 0 aliphatic carbocycles. The molecule has 162 valence electrons. The predicted octanol–water partition coefficient (Wildman–Crippen LogP) is 4.99. The molecule has 7 heteroatoms. The maximum absolute atomic E-state index is 12.9. The number of benzene rings is 2. The average molecular weight is 447 g/mol. The number of hydrogen-bond acceptors (Lipinski definition) is 5. The van der Waals surface area contributed by atoms with Crippen LogP contribution in [0.15, 0.2) is 59.7 Å². The van der Waals surface area contributed by atoms with Crippen LogP contribution in [-0.4, -0.2) is 52.7 Å². The molecule has 0 bridgehead atoms. The number of aromatic nitrogens is 1. The largest absolute Gasteiger partial charge is 0.454 e. The first-order valence-corrected chi connectivity index (χ1v) is 11.0. The summed E-state index contributed by atoms with van der Waals surface area (Å²) in [5.74, 6) is 2.33. The van der Waals surface area contributed by atoms with E-state index in [-0.39, 0.29) is 11.1 Å². The number of hydrogen-bond donors (Lipinski definition) is 0. The third kappa shape index (κ3) is 3.82. The number of pyridine rings is 1. The maximum atomic E-state index is 12.9. The standard InChI is InChI=1S/C25H23ClN4O2/c1-16-6-8-21-19(14-16)24(28-20-7-5-17(2)15-22(20)32-21)29-10-12-30(13-11-29)25(31)18-4-3-9-27-23(18)26/h3-9,14-15H,10-13H2,1-2H3. The van der Waals surface area contributed by atoms with E-state index in [1.165, 1.54) is 0 Å². The SMILES string of the molecule is Cc1ccc2c(c1)Oc1ccc(C)cc1C(N1CCN(C(=O)c3cccnc3Cl)CC1)=N2. The van der Waals surface area contributed by atoms with E-state index in [0.717, 1.165) is 39.7 Å². The minimum absolute atomic E-state index is 0.0917. The minimum atomic E-state index is -0.0917. The van der Waals surface area contributed by atoms with Crippen molar-refractivity contribution in [2.45, 2.75) is 13.8 Å². The monoisotopic (exact) mass is 446 g/mol. The quantitative estimate of drug-likeness (QED) is 0.494. The van der Waals surface area contributed by atoms with Crippen LogP contribution < -0.4 is 4.74 Å². The molecule has 32 heavy (non-hydrogen) atoms. The number of aryl methyl sites for hydroxylation is 2. The van der Waals surface area contributed by atoms with Crippen molar-refractivity contribution in [1.82, 2.24) is 14.8 Å². The van der Waals surface area contributed by atoms with Crippen molar-refractivity contribution in [3.8, 4) is 11.5 Å². The lowest BCUT2D eigenvalue weighted by Gasteiger charge is -2.36. The summed E-state index contributed by atoms with van der Waals surface area (Å²) in [6.07, 6.45) is 1.59. The topological polar surface area (TPSA) is 58.0 Å². The third-order valence-electron chi connectivity index (χ3n) is 5.79. The predicted molar refractivity (Wildman–Crippen MR) is 125 cm³/mol. The highest BCUT2D eigenvalue weighted by molar-refractivity contribution is 6.32. The average Bonchev–Trinajstić information content (AvgIpc) is 2.95. The lowest BCUT2D eigenvalue weighted by molar-refractivity contribution is 0.0692. The van der Waals surface area contributed by atoms with Crippen molar-refractivity contribution in [3.05, 3.63) is 82.1 Å². The number of ether oxygens (including phenoxy) is 1. The van der Waals surface area contributed by atoms with Gasteiger partial charge >= 0.3 is 0 Å². The maximum Gasteiger partial charge on any atom is 0.257 e. The summed E-state index contributed by atoms with van der Waals surface area (Å²) in [7, 11) is 0. The van der Waals surface area contributed by atoms with Gasteiger partial charge in [-0.3, -0.25) is 4.79 Å². The van der Waals surface area contributed by atoms with Crippen molar-refractivity contribution >= 4 is 29.0 Å². The number of amides is 1. The van der Waals surface area contributed by atoms with E-state index in [2.05, 4.69) is 22.9 Å². The fourth-order valence-corrected chi connectivity index (χ4v) is 4.27. The van der Waals surface area contributed by atoms with Gasteiger partial charge in [-0.25, -0.2) is 9.98 Å². The van der Waals surface area contributed by atoms with Gasteiger partial charge in [0.15, 0.2) is 5.75 Å². The molecule has 0 radical (unpaired) electrons. The second-order valence-electron chi connectivity index (χ2n) is 8.13. The first-order chi connectivity index (χ1) is 15.5. The second kappa shape index (κ2) is 8.28. The van der Waals surface area contributed by atoms with Crippen molar-refractivity contribution in [2.75, 3.05) is 26.2 Å². The van der Waals surface area contributed by atoms with Crippen LogP contribution in [0.1, 0.15) is 27.0 Å². The van der Waals surface area contributed by atoms with Crippen LogP contribution in [0.3, 0.4) is 0 Å². The highest BCUT2D eigenvalue weighted by Crippen LogP contribution is 2.39. The molecule has 1 saturated heterocycles. The smallest absolute Gasteiger partial charge is 0.257 e. The third-order valence-corrected chi connectivity index (χ3v) is 6.09. The van der Waals surface area contributed by atoms with Gasteiger partial charge in [0.25, 0.3) is 5.91 Å². The molecule has 1 amide bonds. The summed E-state index contributed by atoms with van der Waals surface area (Å²) in [6.45, 7) is 6.58. The van der Waals surface area contributed by atoms with Gasteiger partial charge in [0, 0.05) is 32.4 Å². The Hall–Kier alpha value is -3.38. The number of halogens is 1. The molecule has 0 N–H and O–H groups in total. The van der Waals surface area contributed by atoms with E-state index < -0.39 is 0 Å². The van der Waals surface area contributed by atoms with Crippen LogP contribution in [0, 0.1) is 13.8 Å². The first-order valence-electron chi connectivity index (χ1n) is 10.6. The number of carbonyl (C=O) groups is 1. The summed E-state index contributed by atoms with van der Waals surface area (Å²) < 4.78 is 6.26. The van der Waals surface area contributed by atoms with E-state index >= 15 is 0 Å². The molecule has 0 unspecified atom stereocenters. The zero-order valence-electron chi connectivity index (χ0n) is 18.0. The first kappa shape index (κ1) is 20.5. The van der Waals surface area contributed by atoms with Crippen molar-refractivity contribution in [3.63, 3.8) is 0 Å². The molecule has 1 aromatic heterocycles. The minimum Gasteiger partial charge on any atom is -0.454 e. The Balaban J connectivity index is 1.44. The van der Waals surface area contributed by atoms with Crippen LogP contribution in [0.5, 0.6) is 11.5 Å². The molecule has 2 aliphatic heterocycles. The van der Waals surface area contributed by atoms with E-state index in [1.54, 1.807) is 18.3 Å². The molecule has 3 aromatic rings. The molecule has 6 nitrogen and oxygen atoms in total. The Bertz CT molecular complexity index is 1230. The van der Waals surface area contributed by atoms with Gasteiger partial charge in [-0.1, -0.05) is 29.3 Å². The van der Waals surface area contributed by atoms with Crippen molar-refractivity contribution < 1.29 is 9.53 Å². The molecule has 0 spiro atoms. The highest BCUT2D eigenvalue weighted by Gasteiger charge is 2.28. The fraction of sp³-hybridized carbons (Fsp3) is 0.240. The van der Waals surface area contributed by atoms with E-state index in [0.29, 0.717) is 31.7 Å². The van der Waals surface area contributed by atoms with Gasteiger partial charge in [-0.2, -0.15) is 0 Å². The van der Waals surface area contributed by atoms with Gasteiger partial charge in [0.1, 0.15) is 22.4 Å². The van der Waals surface area contributed by atoms with Gasteiger partial charge in [0.05, 0.1) is 11.1 Å². The van der Waals surface area contributed by atoms with E-state index in [9.17, 15) is 4.79 Å². The number of piperazine rings is 1. The van der Waals surface area contributed by atoms with Crippen LogP contribution in [0.2, 0.25) is 5.15 Å². The van der Waals surface area contributed by atoms with Gasteiger partial charge < -0.3 is 14.5 Å². The Morgan fingerprint density at radius 1 is 0.969 bits per heavy atom. The zero-order chi connectivity index (χ0) is 22.2. The summed E-state index contributed by atoms with van der Waals surface area (Å²) >= 11 is 6.13. The number of fused-ring (bicyclic) bond motifs is 2. The van der Waals surface area contributed by atoms with E-state index in [1.807, 2.05) is 42.2 Å². The van der Waals surface area contributed by atoms with Crippen LogP contribution >= 0.6 is 11.6 Å². The molecule has 1 fully saturated rings. The lowest BCUT2D eigenvalue weighted by Crippen LogP contribution is -2.50. The molecular formula is C25H23ClN4O2. The van der Waals surface area contributed by atoms with Crippen molar-refractivity contribution in [1.29, 1.82) is 0 Å². The van der Waals surface area contributed by atoms with Crippen LogP contribution in [-0.2, 0) is 0 Å². The lowest BCUT2D eigenvalue weighted by atomic mass is 10.1. The summed E-state index contributed by atoms with van der Waals surface area (Å²) in [5.41, 5.74) is 4.47. The molecule has 0 saturated carbocycles. The number of nitrogens with zero attached hydrogens (tertiary/aromatic N) is 4. The number of rotatable bonds is 1. The molecule has 5 rings (SSSR count). The molecular weight excluding hydrogens is 424 g/mol. The Morgan fingerprint density at radius 2 is 1.72 bits per heavy atom. The molecule has 2 aromatic carbocycles. The Kier molecular flexibility index (Phi) is 5.31. The Morgan fingerprint density at radius 3 is 2.50 bits per heavy atom. The van der Waals surface area contributed by atoms with Crippen LogP contribution in [0.4, 0.5) is 5.69 Å². The van der Waals surface area contributed by atoms with Crippen LogP contribution in [0.25, 0.3) is 0 Å². The van der Waals surface area contributed by atoms with Gasteiger partial charge in [-0.15, -0.1) is 0 Å². The number of carbonyl (C=O) groups excluding carboxylic acids is 1. The molecule has 2 aliphatic rings. The van der Waals surface area contributed by atoms with Gasteiger partial charge in [-0.05, 0) is 55.8 Å². The highest BCUT2D eigenvalue weighted by atomic mass is 35.5. The zero-order valence-corrected chi connectivity index (χ0v) is 18.8. The Labute approximate surface area is 192 Å². The molecule has 0 atom stereocenters. The fourth-order valence-electron chi connectivity index (χ4n) is 4.07. The van der Waals surface area contributed by atoms with Gasteiger partial charge in [0.2, 0.25) is 0 Å². The summed E-state index contributed by atoms with van der Waals surface area (Å²) in [5, 5.41) is 0.238.